The second kappa shape index (κ2) is 9.37. The van der Waals surface area contributed by atoms with Crippen LogP contribution in [0.2, 0.25) is 0 Å². The number of nitriles is 1. The minimum absolute atomic E-state index is 0.146. The summed E-state index contributed by atoms with van der Waals surface area (Å²) in [6.45, 7) is 0. The molecule has 0 fully saturated rings. The molecule has 0 saturated carbocycles. The number of nitrogens with one attached hydrogen (secondary N) is 3. The lowest BCUT2D eigenvalue weighted by Gasteiger charge is -2.16. The van der Waals surface area contributed by atoms with Crippen molar-refractivity contribution >= 4 is 39.9 Å². The molecule has 0 saturated heterocycles. The van der Waals surface area contributed by atoms with Crippen LogP contribution in [-0.4, -0.2) is 49.8 Å². The van der Waals surface area contributed by atoms with Crippen LogP contribution in [0.4, 0.5) is 23.0 Å². The zero-order chi connectivity index (χ0) is 25.1. The highest BCUT2D eigenvalue weighted by atomic mass is 16.5. The zero-order valence-corrected chi connectivity index (χ0v) is 19.1. The molecule has 0 unspecified atom stereocenters. The summed E-state index contributed by atoms with van der Waals surface area (Å²) in [5.74, 6) is 6.87. The van der Waals surface area contributed by atoms with Gasteiger partial charge in [-0.3, -0.25) is 14.6 Å². The van der Waals surface area contributed by atoms with Gasteiger partial charge in [-0.1, -0.05) is 6.07 Å². The molecule has 0 aliphatic carbocycles. The number of methoxy groups -OCH3 is 1. The molecule has 4 rings (SSSR count). The number of H-pyrrole nitrogens is 1. The molecular formula is C21H22N12O2. The van der Waals surface area contributed by atoms with E-state index in [1.165, 1.54) is 24.2 Å². The lowest BCUT2D eigenvalue weighted by molar-refractivity contribution is 0.371. The number of amidine groups is 1. The topological polar surface area (TPSA) is 201 Å². The number of hydrogen-bond donors (Lipinski definition) is 5. The lowest BCUT2D eigenvalue weighted by Crippen LogP contribution is -2.26. The van der Waals surface area contributed by atoms with Crippen molar-refractivity contribution in [2.24, 2.45) is 23.7 Å². The third-order valence-corrected chi connectivity index (χ3v) is 4.88. The van der Waals surface area contributed by atoms with Crippen LogP contribution >= 0.6 is 0 Å². The van der Waals surface area contributed by atoms with E-state index in [0.29, 0.717) is 45.4 Å². The van der Waals surface area contributed by atoms with Gasteiger partial charge in [0.05, 0.1) is 24.0 Å². The Morgan fingerprint density at radius 1 is 1.26 bits per heavy atom. The third kappa shape index (κ3) is 4.65. The second-order valence-corrected chi connectivity index (χ2v) is 7.35. The first kappa shape index (κ1) is 23.0. The molecule has 0 bridgehead atoms. The molecule has 0 aliphatic rings. The second-order valence-electron chi connectivity index (χ2n) is 7.35. The highest BCUT2D eigenvalue weighted by Crippen LogP contribution is 2.34. The first-order valence-corrected chi connectivity index (χ1v) is 10.2. The number of fused-ring (bicyclic) bond motifs is 1. The van der Waals surface area contributed by atoms with E-state index in [0.717, 1.165) is 5.12 Å². The van der Waals surface area contributed by atoms with E-state index < -0.39 is 0 Å². The summed E-state index contributed by atoms with van der Waals surface area (Å²) in [5.41, 5.74) is 7.81. The molecule has 0 amide bonds. The fourth-order valence-corrected chi connectivity index (χ4v) is 3.43. The molecule has 35 heavy (non-hydrogen) atoms. The average molecular weight is 474 g/mol. The number of aromatic nitrogens is 5. The van der Waals surface area contributed by atoms with E-state index in [1.807, 2.05) is 6.07 Å². The van der Waals surface area contributed by atoms with Crippen LogP contribution in [0.5, 0.6) is 5.75 Å². The Labute approximate surface area is 198 Å². The normalized spacial score (nSPS) is 11.2. The van der Waals surface area contributed by atoms with Gasteiger partial charge < -0.3 is 21.1 Å². The van der Waals surface area contributed by atoms with Gasteiger partial charge in [0, 0.05) is 26.2 Å². The summed E-state index contributed by atoms with van der Waals surface area (Å²) < 4.78 is 6.92. The highest BCUT2D eigenvalue weighted by molar-refractivity contribution is 6.02. The molecule has 178 valence electrons. The van der Waals surface area contributed by atoms with Gasteiger partial charge in [-0.15, -0.1) is 5.10 Å². The fourth-order valence-electron chi connectivity index (χ4n) is 3.43. The molecular weight excluding hydrogens is 452 g/mol. The summed E-state index contributed by atoms with van der Waals surface area (Å²) in [7, 11) is 4.63. The molecule has 1 aromatic carbocycles. The summed E-state index contributed by atoms with van der Waals surface area (Å²) in [6, 6.07) is 10.3. The zero-order valence-electron chi connectivity index (χ0n) is 19.1. The van der Waals surface area contributed by atoms with Crippen molar-refractivity contribution in [1.82, 2.24) is 29.9 Å². The Morgan fingerprint density at radius 3 is 2.77 bits per heavy atom. The Morgan fingerprint density at radius 2 is 2.06 bits per heavy atom. The number of para-hydroxylation sites is 1. The van der Waals surface area contributed by atoms with Crippen LogP contribution in [0.3, 0.4) is 0 Å². The Balaban J connectivity index is 1.82. The molecule has 14 heteroatoms. The van der Waals surface area contributed by atoms with Gasteiger partial charge in [-0.05, 0) is 12.1 Å². The van der Waals surface area contributed by atoms with Crippen LogP contribution < -0.4 is 32.5 Å². The molecule has 4 aromatic rings. The number of hydrazine groups is 1. The van der Waals surface area contributed by atoms with Crippen molar-refractivity contribution in [3.63, 3.8) is 0 Å². The molecule has 0 aliphatic heterocycles. The average Bonchev–Trinajstić information content (AvgIpc) is 3.11. The van der Waals surface area contributed by atoms with Gasteiger partial charge >= 0.3 is 0 Å². The quantitative estimate of drug-likeness (QED) is 0.110. The summed E-state index contributed by atoms with van der Waals surface area (Å²) in [5, 5.41) is 23.7. The van der Waals surface area contributed by atoms with Gasteiger partial charge in [-0.2, -0.15) is 5.26 Å². The van der Waals surface area contributed by atoms with Crippen molar-refractivity contribution in [2.75, 3.05) is 24.8 Å². The van der Waals surface area contributed by atoms with Gasteiger partial charge in [0.25, 0.3) is 5.56 Å². The van der Waals surface area contributed by atoms with Gasteiger partial charge in [0.15, 0.2) is 17.2 Å². The van der Waals surface area contributed by atoms with E-state index in [-0.39, 0.29) is 17.1 Å². The minimum atomic E-state index is -0.281. The van der Waals surface area contributed by atoms with Crippen LogP contribution in [-0.2, 0) is 7.05 Å². The smallest absolute Gasteiger partial charge is 0.277 e. The number of ether oxygens (including phenoxy) is 1. The van der Waals surface area contributed by atoms with E-state index in [2.05, 4.69) is 35.8 Å². The largest absolute Gasteiger partial charge is 0.494 e. The number of nitrogens with two attached hydrogens (primary N) is 2. The molecule has 7 N–H and O–H groups in total. The van der Waals surface area contributed by atoms with E-state index in [1.54, 1.807) is 38.4 Å². The number of pyridine rings is 1. The predicted octanol–water partition coefficient (Wildman–Crippen LogP) is 0.845. The summed E-state index contributed by atoms with van der Waals surface area (Å²) in [4.78, 5) is 25.3. The number of nitrogens with zero attached hydrogens (tertiary/aromatic N) is 7. The number of aromatic amines is 1. The fraction of sp³-hybridized carbons (Fsp3) is 0.143. The maximum atomic E-state index is 12.8. The van der Waals surface area contributed by atoms with E-state index in [4.69, 9.17) is 21.6 Å². The van der Waals surface area contributed by atoms with Crippen LogP contribution in [0.15, 0.2) is 46.6 Å². The van der Waals surface area contributed by atoms with Crippen molar-refractivity contribution in [1.29, 1.82) is 5.26 Å². The van der Waals surface area contributed by atoms with Crippen LogP contribution in [0.25, 0.3) is 11.0 Å². The molecule has 3 aromatic heterocycles. The monoisotopic (exact) mass is 474 g/mol. The molecule has 0 atom stereocenters. The first-order chi connectivity index (χ1) is 16.8. The number of hydrogen-bond acceptors (Lipinski definition) is 11. The van der Waals surface area contributed by atoms with Gasteiger partial charge in [0.1, 0.15) is 35.1 Å². The van der Waals surface area contributed by atoms with Crippen LogP contribution in [0.1, 0.15) is 11.3 Å². The predicted molar refractivity (Wildman–Crippen MR) is 130 cm³/mol. The number of anilines is 4. The number of hydrazone groups is 1. The number of rotatable bonds is 7. The standard InChI is InChI=1S/C21H22N12O2/c1-32-21(34)17-14(27-13-6-4-5-12(18(13)35-3)19(23)30-33(2)24)8-16(29-20(17)31-32)28-15-7-11(9-22)25-10-26-15/h4-8,10H,24H2,1-3H3,(H2,23,30)(H3,25,26,27,28,29,31). The minimum Gasteiger partial charge on any atom is -0.494 e. The highest BCUT2D eigenvalue weighted by Gasteiger charge is 2.18. The number of aryl methyl sites for hydroxylation is 1. The molecule has 0 spiro atoms. The molecule has 14 nitrogen and oxygen atoms in total. The maximum absolute atomic E-state index is 12.8. The Bertz CT molecular complexity index is 1530. The van der Waals surface area contributed by atoms with E-state index in [9.17, 15) is 4.79 Å². The van der Waals surface area contributed by atoms with Gasteiger partial charge in [-0.25, -0.2) is 25.9 Å². The third-order valence-electron chi connectivity index (χ3n) is 4.88. The van der Waals surface area contributed by atoms with Crippen molar-refractivity contribution in [2.45, 2.75) is 0 Å². The van der Waals surface area contributed by atoms with Crippen molar-refractivity contribution in [3.05, 3.63) is 58.3 Å². The molecule has 0 radical (unpaired) electrons. The Hall–Kier alpha value is -5.16. The van der Waals surface area contributed by atoms with Crippen molar-refractivity contribution < 1.29 is 4.74 Å². The van der Waals surface area contributed by atoms with E-state index >= 15 is 0 Å². The lowest BCUT2D eigenvalue weighted by atomic mass is 10.1. The van der Waals surface area contributed by atoms with Crippen molar-refractivity contribution in [3.8, 4) is 11.8 Å². The van der Waals surface area contributed by atoms with Crippen LogP contribution in [0, 0.1) is 11.3 Å². The Kier molecular flexibility index (Phi) is 6.16. The summed E-state index contributed by atoms with van der Waals surface area (Å²) >= 11 is 0. The molecule has 3 heterocycles. The SMILES string of the molecule is COc1c(Nc2cc(Nc3cc(C#N)ncn3)nc3[nH]n(C)c(=O)c23)cccc1/C(N)=N/N(C)N. The van der Waals surface area contributed by atoms with Gasteiger partial charge in [0.2, 0.25) is 0 Å². The number of benzene rings is 1. The summed E-state index contributed by atoms with van der Waals surface area (Å²) in [6.07, 6.45) is 1.27. The maximum Gasteiger partial charge on any atom is 0.277 e. The first-order valence-electron chi connectivity index (χ1n) is 10.2.